The largest absolute Gasteiger partial charge is 0.493 e. The second kappa shape index (κ2) is 9.95. The second-order valence-corrected chi connectivity index (χ2v) is 7.80. The number of para-hydroxylation sites is 1. The van der Waals surface area contributed by atoms with E-state index >= 15 is 0 Å². The summed E-state index contributed by atoms with van der Waals surface area (Å²) < 4.78 is 12.8. The molecule has 0 bridgehead atoms. The zero-order valence-corrected chi connectivity index (χ0v) is 18.6. The van der Waals surface area contributed by atoms with Crippen LogP contribution in [0.15, 0.2) is 29.1 Å². The molecule has 1 aliphatic heterocycles. The normalized spacial score (nSPS) is 14.1. The van der Waals surface area contributed by atoms with Gasteiger partial charge in [-0.2, -0.15) is 5.10 Å². The molecule has 0 unspecified atom stereocenters. The van der Waals surface area contributed by atoms with E-state index in [4.69, 9.17) is 14.5 Å². The Morgan fingerprint density at radius 1 is 1.16 bits per heavy atom. The van der Waals surface area contributed by atoms with Crippen molar-refractivity contribution in [1.82, 2.24) is 24.6 Å². The number of nitrogens with zero attached hydrogens (tertiary/aromatic N) is 4. The van der Waals surface area contributed by atoms with Crippen molar-refractivity contribution in [1.29, 1.82) is 0 Å². The summed E-state index contributed by atoms with van der Waals surface area (Å²) in [4.78, 5) is 35.1. The molecule has 0 aliphatic carbocycles. The molecule has 4 rings (SSSR count). The van der Waals surface area contributed by atoms with Gasteiger partial charge in [0.15, 0.2) is 5.52 Å². The topological polar surface area (TPSA) is 102 Å². The third-order valence-electron chi connectivity index (χ3n) is 5.44. The number of rotatable bonds is 8. The molecule has 2 aromatic heterocycles. The van der Waals surface area contributed by atoms with Crippen LogP contribution in [-0.4, -0.2) is 63.5 Å². The molecule has 1 fully saturated rings. The number of nitrogens with one attached hydrogen (secondary N) is 1. The van der Waals surface area contributed by atoms with Gasteiger partial charge in [-0.3, -0.25) is 14.3 Å². The van der Waals surface area contributed by atoms with Crippen LogP contribution in [0, 0.1) is 0 Å². The van der Waals surface area contributed by atoms with Crippen LogP contribution in [0.1, 0.15) is 32.4 Å². The van der Waals surface area contributed by atoms with Crippen LogP contribution in [0.4, 0.5) is 0 Å². The van der Waals surface area contributed by atoms with Crippen LogP contribution in [0.25, 0.3) is 22.4 Å². The van der Waals surface area contributed by atoms with Crippen molar-refractivity contribution < 1.29 is 14.3 Å². The zero-order chi connectivity index (χ0) is 22.5. The molecule has 1 N–H and O–H groups in total. The molecule has 1 aliphatic rings. The quantitative estimate of drug-likeness (QED) is 0.578. The number of carbonyl (C=O) groups excluding carboxylic acids is 1. The Labute approximate surface area is 186 Å². The van der Waals surface area contributed by atoms with Crippen molar-refractivity contribution in [3.63, 3.8) is 0 Å². The van der Waals surface area contributed by atoms with Crippen LogP contribution in [0.3, 0.4) is 0 Å². The van der Waals surface area contributed by atoms with Gasteiger partial charge in [0.1, 0.15) is 23.6 Å². The van der Waals surface area contributed by atoms with Crippen molar-refractivity contribution in [2.45, 2.75) is 39.7 Å². The molecule has 9 nitrogen and oxygen atoms in total. The molecular weight excluding hydrogens is 410 g/mol. The van der Waals surface area contributed by atoms with E-state index in [-0.39, 0.29) is 23.5 Å². The highest BCUT2D eigenvalue weighted by molar-refractivity contribution is 5.81. The van der Waals surface area contributed by atoms with Crippen LogP contribution in [0.5, 0.6) is 5.75 Å². The third-order valence-corrected chi connectivity index (χ3v) is 5.44. The van der Waals surface area contributed by atoms with Crippen LogP contribution in [-0.2, 0) is 22.5 Å². The predicted octanol–water partition coefficient (Wildman–Crippen LogP) is 2.39. The van der Waals surface area contributed by atoms with Crippen LogP contribution in [0.2, 0.25) is 0 Å². The maximum Gasteiger partial charge on any atom is 0.279 e. The summed E-state index contributed by atoms with van der Waals surface area (Å²) in [6, 6.07) is 7.52. The first-order chi connectivity index (χ1) is 15.6. The highest BCUT2D eigenvalue weighted by Crippen LogP contribution is 2.28. The number of aromatic nitrogens is 4. The van der Waals surface area contributed by atoms with Gasteiger partial charge in [-0.05, 0) is 25.0 Å². The Morgan fingerprint density at radius 2 is 1.94 bits per heavy atom. The number of aryl methyl sites for hydroxylation is 1. The zero-order valence-electron chi connectivity index (χ0n) is 18.6. The molecule has 3 aromatic rings. The summed E-state index contributed by atoms with van der Waals surface area (Å²) in [6.45, 7) is 6.97. The number of hydrogen-bond donors (Lipinski definition) is 1. The van der Waals surface area contributed by atoms with E-state index in [0.717, 1.165) is 24.1 Å². The van der Waals surface area contributed by atoms with Crippen LogP contribution < -0.4 is 10.3 Å². The summed E-state index contributed by atoms with van der Waals surface area (Å²) in [5, 5.41) is 4.47. The molecule has 9 heteroatoms. The van der Waals surface area contributed by atoms with Gasteiger partial charge in [0, 0.05) is 13.1 Å². The molecule has 0 saturated carbocycles. The van der Waals surface area contributed by atoms with Gasteiger partial charge in [-0.25, -0.2) is 4.98 Å². The van der Waals surface area contributed by atoms with Gasteiger partial charge in [-0.1, -0.05) is 32.4 Å². The minimum Gasteiger partial charge on any atom is -0.493 e. The monoisotopic (exact) mass is 439 g/mol. The number of hydrogen-bond acceptors (Lipinski definition) is 6. The Bertz CT molecular complexity index is 1150. The van der Waals surface area contributed by atoms with Gasteiger partial charge in [0.25, 0.3) is 5.56 Å². The molecule has 0 atom stereocenters. The molecule has 32 heavy (non-hydrogen) atoms. The number of amides is 1. The fourth-order valence-corrected chi connectivity index (χ4v) is 3.85. The summed E-state index contributed by atoms with van der Waals surface area (Å²) in [7, 11) is 0. The molecule has 0 radical (unpaired) electrons. The number of benzene rings is 1. The highest BCUT2D eigenvalue weighted by Gasteiger charge is 2.22. The number of ether oxygens (including phenoxy) is 2. The standard InChI is InChI=1S/C23H29N5O4/c1-3-7-17-20-21(26-28(17)15-19(29)27-10-13-31-14-11-27)23(30)25-22(24-20)16-8-5-6-9-18(16)32-12-4-2/h5-6,8-9H,3-4,7,10-15H2,1-2H3,(H,24,25,30). The molecule has 1 saturated heterocycles. The lowest BCUT2D eigenvalue weighted by atomic mass is 10.1. The van der Waals surface area contributed by atoms with E-state index in [2.05, 4.69) is 17.0 Å². The smallest absolute Gasteiger partial charge is 0.279 e. The van der Waals surface area contributed by atoms with Crippen molar-refractivity contribution >= 4 is 16.9 Å². The van der Waals surface area contributed by atoms with Crippen molar-refractivity contribution in [3.05, 3.63) is 40.3 Å². The van der Waals surface area contributed by atoms with E-state index in [1.54, 1.807) is 9.58 Å². The van der Waals surface area contributed by atoms with Gasteiger partial charge in [0.05, 0.1) is 31.1 Å². The lowest BCUT2D eigenvalue weighted by Crippen LogP contribution is -2.42. The SMILES string of the molecule is CCCOc1ccccc1-c1nc2c(CCC)n(CC(=O)N3CCOCC3)nc2c(=O)[nH]1. The lowest BCUT2D eigenvalue weighted by Gasteiger charge is -2.27. The second-order valence-electron chi connectivity index (χ2n) is 7.80. The first-order valence-corrected chi connectivity index (χ1v) is 11.2. The van der Waals surface area contributed by atoms with E-state index in [0.29, 0.717) is 56.4 Å². The van der Waals surface area contributed by atoms with E-state index < -0.39 is 0 Å². The fourth-order valence-electron chi connectivity index (χ4n) is 3.85. The average Bonchev–Trinajstić information content (AvgIpc) is 3.16. The maximum atomic E-state index is 12.9. The summed E-state index contributed by atoms with van der Waals surface area (Å²) in [5.41, 5.74) is 1.97. The molecule has 3 heterocycles. The summed E-state index contributed by atoms with van der Waals surface area (Å²) in [5.74, 6) is 1.07. The van der Waals surface area contributed by atoms with Crippen LogP contribution >= 0.6 is 0 Å². The Morgan fingerprint density at radius 3 is 2.69 bits per heavy atom. The number of fused-ring (bicyclic) bond motifs is 1. The van der Waals surface area contributed by atoms with E-state index in [9.17, 15) is 9.59 Å². The number of carbonyl (C=O) groups is 1. The van der Waals surface area contributed by atoms with Gasteiger partial charge >= 0.3 is 0 Å². The Kier molecular flexibility index (Phi) is 6.84. The highest BCUT2D eigenvalue weighted by atomic mass is 16.5. The lowest BCUT2D eigenvalue weighted by molar-refractivity contribution is -0.136. The minimum atomic E-state index is -0.329. The van der Waals surface area contributed by atoms with Crippen molar-refractivity contribution in [2.75, 3.05) is 32.9 Å². The van der Waals surface area contributed by atoms with Gasteiger partial charge < -0.3 is 19.4 Å². The molecule has 0 spiro atoms. The number of aromatic amines is 1. The number of morpholine rings is 1. The first kappa shape index (κ1) is 22.0. The van der Waals surface area contributed by atoms with Crippen molar-refractivity contribution in [2.24, 2.45) is 0 Å². The maximum absolute atomic E-state index is 12.9. The third kappa shape index (κ3) is 4.52. The van der Waals surface area contributed by atoms with Crippen molar-refractivity contribution in [3.8, 4) is 17.1 Å². The average molecular weight is 440 g/mol. The summed E-state index contributed by atoms with van der Waals surface area (Å²) >= 11 is 0. The van der Waals surface area contributed by atoms with Gasteiger partial charge in [-0.15, -0.1) is 0 Å². The molecule has 1 amide bonds. The minimum absolute atomic E-state index is 0.0339. The van der Waals surface area contributed by atoms with E-state index in [1.807, 2.05) is 31.2 Å². The predicted molar refractivity (Wildman–Crippen MR) is 121 cm³/mol. The molecule has 1 aromatic carbocycles. The summed E-state index contributed by atoms with van der Waals surface area (Å²) in [6.07, 6.45) is 2.38. The molecule has 170 valence electrons. The fraction of sp³-hybridized carbons (Fsp3) is 0.478. The van der Waals surface area contributed by atoms with E-state index in [1.165, 1.54) is 0 Å². The first-order valence-electron chi connectivity index (χ1n) is 11.2. The van der Waals surface area contributed by atoms with Gasteiger partial charge in [0.2, 0.25) is 5.91 Å². The number of H-pyrrole nitrogens is 1. The molecular formula is C23H29N5O4. The Hall–Kier alpha value is -3.20. The Balaban J connectivity index is 1.74.